The molecule has 1 N–H and O–H groups in total. The second-order valence-corrected chi connectivity index (χ2v) is 10.1. The molecule has 1 amide bonds. The molecule has 1 aliphatic heterocycles. The van der Waals surface area contributed by atoms with Crippen LogP contribution in [0.4, 0.5) is 0 Å². The Morgan fingerprint density at radius 3 is 2.54 bits per heavy atom. The predicted molar refractivity (Wildman–Crippen MR) is 100 cm³/mol. The molecule has 0 radical (unpaired) electrons. The van der Waals surface area contributed by atoms with Crippen molar-refractivity contribution in [3.8, 4) is 0 Å². The van der Waals surface area contributed by atoms with Gasteiger partial charge in [0.05, 0.1) is 4.90 Å². The van der Waals surface area contributed by atoms with Crippen molar-refractivity contribution in [2.45, 2.75) is 62.8 Å². The lowest BCUT2D eigenvalue weighted by Gasteiger charge is -2.27. The fraction of sp³-hybridized carbons (Fsp3) is 0.650. The molecule has 26 heavy (non-hydrogen) atoms. The molecule has 4 rings (SSSR count). The summed E-state index contributed by atoms with van der Waals surface area (Å²) in [5, 5.41) is 3.16. The number of benzene rings is 1. The van der Waals surface area contributed by atoms with Gasteiger partial charge in [0, 0.05) is 24.7 Å². The van der Waals surface area contributed by atoms with E-state index in [0.717, 1.165) is 31.6 Å². The van der Waals surface area contributed by atoms with E-state index in [1.54, 1.807) is 29.4 Å². The number of aryl methyl sites for hydroxylation is 1. The molecule has 0 unspecified atom stereocenters. The predicted octanol–water partition coefficient (Wildman–Crippen LogP) is 3.09. The molecule has 2 aliphatic carbocycles. The monoisotopic (exact) mass is 376 g/mol. The lowest BCUT2D eigenvalue weighted by molar-refractivity contribution is 0.0922. The Morgan fingerprint density at radius 2 is 1.88 bits per heavy atom. The maximum absolute atomic E-state index is 13.0. The van der Waals surface area contributed by atoms with E-state index in [-0.39, 0.29) is 16.8 Å². The van der Waals surface area contributed by atoms with Crippen molar-refractivity contribution in [3.63, 3.8) is 0 Å². The molecule has 3 fully saturated rings. The van der Waals surface area contributed by atoms with Gasteiger partial charge in [0.15, 0.2) is 0 Å². The number of amides is 1. The molecule has 1 saturated heterocycles. The van der Waals surface area contributed by atoms with Crippen LogP contribution >= 0.6 is 0 Å². The largest absolute Gasteiger partial charge is 0.349 e. The van der Waals surface area contributed by atoms with Gasteiger partial charge in [0.2, 0.25) is 10.0 Å². The van der Waals surface area contributed by atoms with Crippen LogP contribution in [0.25, 0.3) is 0 Å². The Bertz CT molecular complexity index is 799. The van der Waals surface area contributed by atoms with Crippen molar-refractivity contribution in [1.29, 1.82) is 0 Å². The summed E-state index contributed by atoms with van der Waals surface area (Å²) in [7, 11) is -3.53. The lowest BCUT2D eigenvalue weighted by Crippen LogP contribution is -2.39. The smallest absolute Gasteiger partial charge is 0.251 e. The molecule has 3 atom stereocenters. The van der Waals surface area contributed by atoms with Crippen molar-refractivity contribution < 1.29 is 13.2 Å². The molecule has 3 aliphatic rings. The molecule has 0 aromatic heterocycles. The van der Waals surface area contributed by atoms with Crippen LogP contribution in [0.1, 0.15) is 60.9 Å². The maximum atomic E-state index is 13.0. The van der Waals surface area contributed by atoms with E-state index in [4.69, 9.17) is 0 Å². The van der Waals surface area contributed by atoms with E-state index < -0.39 is 10.0 Å². The molecule has 1 aromatic rings. The number of rotatable bonds is 4. The van der Waals surface area contributed by atoms with Gasteiger partial charge in [-0.15, -0.1) is 0 Å². The van der Waals surface area contributed by atoms with Gasteiger partial charge in [-0.05, 0) is 68.6 Å². The molecule has 142 valence electrons. The molecule has 1 heterocycles. The highest BCUT2D eigenvalue weighted by molar-refractivity contribution is 7.89. The van der Waals surface area contributed by atoms with Crippen LogP contribution in [-0.4, -0.2) is 37.8 Å². The lowest BCUT2D eigenvalue weighted by atomic mass is 9.95. The quantitative estimate of drug-likeness (QED) is 0.878. The highest BCUT2D eigenvalue weighted by Crippen LogP contribution is 2.44. The summed E-state index contributed by atoms with van der Waals surface area (Å²) in [5.41, 5.74) is 1.15. The van der Waals surface area contributed by atoms with Crippen LogP contribution in [0.3, 0.4) is 0 Å². The van der Waals surface area contributed by atoms with Crippen molar-refractivity contribution in [1.82, 2.24) is 9.62 Å². The highest BCUT2D eigenvalue weighted by atomic mass is 32.2. The number of piperidine rings is 1. The number of nitrogens with one attached hydrogen (secondary N) is 1. The zero-order chi connectivity index (χ0) is 18.3. The molecule has 2 bridgehead atoms. The summed E-state index contributed by atoms with van der Waals surface area (Å²) in [5.74, 6) is 1.22. The summed E-state index contributed by atoms with van der Waals surface area (Å²) < 4.78 is 27.6. The van der Waals surface area contributed by atoms with Crippen LogP contribution in [0.15, 0.2) is 23.1 Å². The van der Waals surface area contributed by atoms with Crippen LogP contribution in [0.5, 0.6) is 0 Å². The van der Waals surface area contributed by atoms with Crippen molar-refractivity contribution in [3.05, 3.63) is 29.3 Å². The minimum Gasteiger partial charge on any atom is -0.349 e. The zero-order valence-electron chi connectivity index (χ0n) is 15.4. The summed E-state index contributed by atoms with van der Waals surface area (Å²) in [6, 6.07) is 5.33. The van der Waals surface area contributed by atoms with Gasteiger partial charge in [-0.25, -0.2) is 8.42 Å². The van der Waals surface area contributed by atoms with Crippen molar-refractivity contribution in [2.75, 3.05) is 13.1 Å². The zero-order valence-corrected chi connectivity index (χ0v) is 16.2. The van der Waals surface area contributed by atoms with Gasteiger partial charge in [-0.1, -0.05) is 18.9 Å². The summed E-state index contributed by atoms with van der Waals surface area (Å²) >= 11 is 0. The number of carbonyl (C=O) groups excluding carboxylic acids is 1. The van der Waals surface area contributed by atoms with Gasteiger partial charge in [0.1, 0.15) is 0 Å². The SMILES string of the molecule is Cc1ccc(C(=O)N[C@@H]2C[C@H]3CC[C@@H]2C3)cc1S(=O)(=O)N1CCCCC1. The van der Waals surface area contributed by atoms with E-state index in [1.807, 2.05) is 0 Å². The minimum atomic E-state index is -3.53. The third-order valence-corrected chi connectivity index (χ3v) is 8.48. The van der Waals surface area contributed by atoms with E-state index in [1.165, 1.54) is 19.3 Å². The second-order valence-electron chi connectivity index (χ2n) is 8.20. The molecule has 5 nitrogen and oxygen atoms in total. The Labute approximate surface area is 156 Å². The first-order valence-electron chi connectivity index (χ1n) is 9.87. The number of fused-ring (bicyclic) bond motifs is 2. The Hall–Kier alpha value is -1.40. The third-order valence-electron chi connectivity index (χ3n) is 6.44. The second kappa shape index (κ2) is 6.97. The Balaban J connectivity index is 1.54. The number of hydrogen-bond acceptors (Lipinski definition) is 3. The minimum absolute atomic E-state index is 0.141. The highest BCUT2D eigenvalue weighted by Gasteiger charge is 2.40. The van der Waals surface area contributed by atoms with E-state index in [0.29, 0.717) is 30.1 Å². The van der Waals surface area contributed by atoms with Crippen molar-refractivity contribution >= 4 is 15.9 Å². The molecular formula is C20H28N2O3S. The Morgan fingerprint density at radius 1 is 1.12 bits per heavy atom. The maximum Gasteiger partial charge on any atom is 0.251 e. The number of sulfonamides is 1. The van der Waals surface area contributed by atoms with E-state index in [2.05, 4.69) is 5.32 Å². The Kier molecular flexibility index (Phi) is 4.82. The van der Waals surface area contributed by atoms with Crippen LogP contribution in [-0.2, 0) is 10.0 Å². The average molecular weight is 377 g/mol. The van der Waals surface area contributed by atoms with Gasteiger partial charge in [-0.2, -0.15) is 4.31 Å². The molecule has 2 saturated carbocycles. The van der Waals surface area contributed by atoms with Crippen LogP contribution < -0.4 is 5.32 Å². The van der Waals surface area contributed by atoms with Gasteiger partial charge in [-0.3, -0.25) is 4.79 Å². The standard InChI is InChI=1S/C20H28N2O3S/c1-14-5-7-17(20(23)21-18-12-15-6-8-16(18)11-15)13-19(14)26(24,25)22-9-3-2-4-10-22/h5,7,13,15-16,18H,2-4,6,8-12H2,1H3,(H,21,23)/t15-,16+,18+/m0/s1. The first-order valence-corrected chi connectivity index (χ1v) is 11.3. The number of hydrogen-bond donors (Lipinski definition) is 1. The van der Waals surface area contributed by atoms with Crippen LogP contribution in [0, 0.1) is 18.8 Å². The average Bonchev–Trinajstić information content (AvgIpc) is 3.25. The van der Waals surface area contributed by atoms with E-state index in [9.17, 15) is 13.2 Å². The van der Waals surface area contributed by atoms with Gasteiger partial charge < -0.3 is 5.32 Å². The molecule has 6 heteroatoms. The fourth-order valence-corrected chi connectivity index (χ4v) is 6.70. The first kappa shape index (κ1) is 18.0. The number of nitrogens with zero attached hydrogens (tertiary/aromatic N) is 1. The topological polar surface area (TPSA) is 66.5 Å². The number of carbonyl (C=O) groups is 1. The molecule has 0 spiro atoms. The molecular weight excluding hydrogens is 348 g/mol. The fourth-order valence-electron chi connectivity index (χ4n) is 4.94. The van der Waals surface area contributed by atoms with Crippen LogP contribution in [0.2, 0.25) is 0 Å². The van der Waals surface area contributed by atoms with E-state index >= 15 is 0 Å². The first-order chi connectivity index (χ1) is 12.4. The molecule has 1 aromatic carbocycles. The summed E-state index contributed by atoms with van der Waals surface area (Å²) in [6.07, 6.45) is 7.69. The third kappa shape index (κ3) is 3.29. The van der Waals surface area contributed by atoms with Gasteiger partial charge in [0.25, 0.3) is 5.91 Å². The normalized spacial score (nSPS) is 29.0. The van der Waals surface area contributed by atoms with Crippen molar-refractivity contribution in [2.24, 2.45) is 11.8 Å². The summed E-state index contributed by atoms with van der Waals surface area (Å²) in [4.78, 5) is 13.0. The summed E-state index contributed by atoms with van der Waals surface area (Å²) in [6.45, 7) is 2.95. The van der Waals surface area contributed by atoms with Gasteiger partial charge >= 0.3 is 0 Å².